The van der Waals surface area contributed by atoms with Gasteiger partial charge in [0.2, 0.25) is 10.0 Å². The lowest BCUT2D eigenvalue weighted by Gasteiger charge is -2.19. The minimum Gasteiger partial charge on any atom is -0.283 e. The third kappa shape index (κ3) is 4.82. The van der Waals surface area contributed by atoms with Crippen LogP contribution in [0.1, 0.15) is 16.7 Å². The largest absolute Gasteiger partial charge is 0.283 e. The van der Waals surface area contributed by atoms with Crippen LogP contribution < -0.4 is 9.44 Å². The predicted octanol–water partition coefficient (Wildman–Crippen LogP) is 4.09. The van der Waals surface area contributed by atoms with E-state index in [1.165, 1.54) is 18.2 Å². The Hall–Kier alpha value is -1.48. The normalized spacial score (nSPS) is 12.1. The SMILES string of the molecule is Cc1cc(C)c(S(=O)(=O)Nc2cc(Cl)cc(Cl)c2)c(C)c1NS(C)(=O)=O. The van der Waals surface area contributed by atoms with Crippen LogP contribution in [0.15, 0.2) is 29.2 Å². The molecule has 0 heterocycles. The van der Waals surface area contributed by atoms with Crippen LogP contribution >= 0.6 is 23.2 Å². The second-order valence-electron chi connectivity index (χ2n) is 5.98. The summed E-state index contributed by atoms with van der Waals surface area (Å²) in [6, 6.07) is 5.95. The van der Waals surface area contributed by atoms with Gasteiger partial charge in [-0.3, -0.25) is 9.44 Å². The molecule has 2 aromatic carbocycles. The van der Waals surface area contributed by atoms with Gasteiger partial charge in [-0.2, -0.15) is 0 Å². The molecule has 6 nitrogen and oxygen atoms in total. The summed E-state index contributed by atoms with van der Waals surface area (Å²) in [7, 11) is -7.57. The number of nitrogens with one attached hydrogen (secondary N) is 2. The van der Waals surface area contributed by atoms with Crippen molar-refractivity contribution in [1.29, 1.82) is 0 Å². The van der Waals surface area contributed by atoms with Crippen molar-refractivity contribution in [3.05, 3.63) is 51.0 Å². The summed E-state index contributed by atoms with van der Waals surface area (Å²) in [6.45, 7) is 4.89. The number of aryl methyl sites for hydroxylation is 2. The van der Waals surface area contributed by atoms with Crippen LogP contribution in [0.5, 0.6) is 0 Å². The van der Waals surface area contributed by atoms with E-state index in [-0.39, 0.29) is 26.3 Å². The van der Waals surface area contributed by atoms with Gasteiger partial charge < -0.3 is 0 Å². The summed E-state index contributed by atoms with van der Waals surface area (Å²) < 4.78 is 53.9. The molecule has 0 aliphatic carbocycles. The summed E-state index contributed by atoms with van der Waals surface area (Å²) in [5.74, 6) is 0. The fourth-order valence-electron chi connectivity index (χ4n) is 2.74. The summed E-state index contributed by atoms with van der Waals surface area (Å²) in [5.41, 5.74) is 1.85. The highest BCUT2D eigenvalue weighted by Crippen LogP contribution is 2.32. The Kier molecular flexibility index (Phi) is 5.82. The van der Waals surface area contributed by atoms with Crippen LogP contribution in [0.25, 0.3) is 0 Å². The van der Waals surface area contributed by atoms with E-state index in [1.54, 1.807) is 26.8 Å². The van der Waals surface area contributed by atoms with Crippen LogP contribution in [0.4, 0.5) is 11.4 Å². The van der Waals surface area contributed by atoms with Gasteiger partial charge in [-0.15, -0.1) is 0 Å². The highest BCUT2D eigenvalue weighted by Gasteiger charge is 2.24. The van der Waals surface area contributed by atoms with Gasteiger partial charge in [0.05, 0.1) is 22.5 Å². The third-order valence-corrected chi connectivity index (χ3v) is 6.25. The Morgan fingerprint density at radius 3 is 1.85 bits per heavy atom. The number of sulfonamides is 2. The average Bonchev–Trinajstić information content (AvgIpc) is 2.39. The van der Waals surface area contributed by atoms with E-state index < -0.39 is 20.0 Å². The van der Waals surface area contributed by atoms with Crippen LogP contribution in [0.3, 0.4) is 0 Å². The van der Waals surface area contributed by atoms with Gasteiger partial charge in [-0.05, 0) is 55.7 Å². The molecule has 2 rings (SSSR count). The molecule has 0 spiro atoms. The second-order valence-corrected chi connectivity index (χ2v) is 10.2. The molecule has 0 saturated carbocycles. The molecule has 0 saturated heterocycles. The summed E-state index contributed by atoms with van der Waals surface area (Å²) in [5, 5.41) is 0.568. The fourth-order valence-corrected chi connectivity index (χ4v) is 5.47. The lowest BCUT2D eigenvalue weighted by molar-refractivity contribution is 0.599. The monoisotopic (exact) mass is 436 g/mol. The highest BCUT2D eigenvalue weighted by molar-refractivity contribution is 7.93. The molecule has 142 valence electrons. The van der Waals surface area contributed by atoms with Crippen LogP contribution in [0, 0.1) is 20.8 Å². The van der Waals surface area contributed by atoms with E-state index in [2.05, 4.69) is 9.44 Å². The molecule has 0 aliphatic rings. The molecule has 0 unspecified atom stereocenters. The number of anilines is 2. The Bertz CT molecular complexity index is 1060. The van der Waals surface area contributed by atoms with Crippen molar-refractivity contribution in [1.82, 2.24) is 0 Å². The summed E-state index contributed by atoms with van der Waals surface area (Å²) in [4.78, 5) is -0.00894. The first-order valence-electron chi connectivity index (χ1n) is 7.37. The van der Waals surface area contributed by atoms with E-state index in [0.717, 1.165) is 6.26 Å². The maximum atomic E-state index is 12.9. The number of hydrogen-bond donors (Lipinski definition) is 2. The Morgan fingerprint density at radius 1 is 0.808 bits per heavy atom. The van der Waals surface area contributed by atoms with Gasteiger partial charge in [0.1, 0.15) is 0 Å². The lowest BCUT2D eigenvalue weighted by Crippen LogP contribution is -2.19. The van der Waals surface area contributed by atoms with Crippen molar-refractivity contribution >= 4 is 54.6 Å². The van der Waals surface area contributed by atoms with Gasteiger partial charge in [0.25, 0.3) is 10.0 Å². The van der Waals surface area contributed by atoms with E-state index in [4.69, 9.17) is 23.2 Å². The van der Waals surface area contributed by atoms with Gasteiger partial charge in [-0.1, -0.05) is 29.3 Å². The van der Waals surface area contributed by atoms with E-state index in [9.17, 15) is 16.8 Å². The number of benzene rings is 2. The number of rotatable bonds is 5. The quantitative estimate of drug-likeness (QED) is 0.737. The molecule has 2 aromatic rings. The molecular formula is C16H18Cl2N2O4S2. The number of hydrogen-bond acceptors (Lipinski definition) is 4. The molecule has 0 fully saturated rings. The summed E-state index contributed by atoms with van der Waals surface area (Å²) in [6.07, 6.45) is 1.01. The van der Waals surface area contributed by atoms with Crippen molar-refractivity contribution in [2.24, 2.45) is 0 Å². The summed E-state index contributed by atoms with van der Waals surface area (Å²) >= 11 is 11.8. The zero-order chi connectivity index (χ0) is 19.9. The molecular weight excluding hydrogens is 419 g/mol. The molecule has 0 bridgehead atoms. The smallest absolute Gasteiger partial charge is 0.262 e. The average molecular weight is 437 g/mol. The molecule has 0 atom stereocenters. The van der Waals surface area contributed by atoms with Crippen molar-refractivity contribution in [3.8, 4) is 0 Å². The Morgan fingerprint density at radius 2 is 1.35 bits per heavy atom. The lowest BCUT2D eigenvalue weighted by atomic mass is 10.1. The Balaban J connectivity index is 2.60. The predicted molar refractivity (Wildman–Crippen MR) is 106 cm³/mol. The third-order valence-electron chi connectivity index (χ3n) is 3.57. The zero-order valence-corrected chi connectivity index (χ0v) is 17.7. The maximum absolute atomic E-state index is 12.9. The first-order valence-corrected chi connectivity index (χ1v) is 11.5. The van der Waals surface area contributed by atoms with E-state index >= 15 is 0 Å². The van der Waals surface area contributed by atoms with E-state index in [0.29, 0.717) is 16.7 Å². The first kappa shape index (κ1) is 20.8. The number of halogens is 2. The van der Waals surface area contributed by atoms with Gasteiger partial charge in [0, 0.05) is 10.0 Å². The zero-order valence-electron chi connectivity index (χ0n) is 14.5. The first-order chi connectivity index (χ1) is 11.8. The van der Waals surface area contributed by atoms with Crippen LogP contribution in [-0.2, 0) is 20.0 Å². The molecule has 0 amide bonds. The molecule has 2 N–H and O–H groups in total. The van der Waals surface area contributed by atoms with Crippen molar-refractivity contribution < 1.29 is 16.8 Å². The van der Waals surface area contributed by atoms with E-state index in [1.807, 2.05) is 0 Å². The van der Waals surface area contributed by atoms with Crippen LogP contribution in [-0.4, -0.2) is 23.1 Å². The van der Waals surface area contributed by atoms with Crippen molar-refractivity contribution in [2.45, 2.75) is 25.7 Å². The maximum Gasteiger partial charge on any atom is 0.262 e. The molecule has 0 aromatic heterocycles. The van der Waals surface area contributed by atoms with Gasteiger partial charge in [-0.25, -0.2) is 16.8 Å². The highest BCUT2D eigenvalue weighted by atomic mass is 35.5. The minimum atomic E-state index is -4.01. The molecule has 0 aliphatic heterocycles. The fraction of sp³-hybridized carbons (Fsp3) is 0.250. The second kappa shape index (κ2) is 7.26. The van der Waals surface area contributed by atoms with Gasteiger partial charge >= 0.3 is 0 Å². The standard InChI is InChI=1S/C16H18Cl2N2O4S2/c1-9-5-10(2)16(11(3)15(9)20-25(4,21)22)26(23,24)19-14-7-12(17)6-13(18)8-14/h5-8,19-20H,1-4H3. The van der Waals surface area contributed by atoms with Gasteiger partial charge in [0.15, 0.2) is 0 Å². The Labute approximate surface area is 163 Å². The van der Waals surface area contributed by atoms with Crippen LogP contribution in [0.2, 0.25) is 10.0 Å². The topological polar surface area (TPSA) is 92.3 Å². The molecule has 26 heavy (non-hydrogen) atoms. The molecule has 0 radical (unpaired) electrons. The van der Waals surface area contributed by atoms with Crippen molar-refractivity contribution in [2.75, 3.05) is 15.7 Å². The minimum absolute atomic E-state index is 0.00894. The molecule has 10 heteroatoms. The van der Waals surface area contributed by atoms with Crippen molar-refractivity contribution in [3.63, 3.8) is 0 Å².